The first-order chi connectivity index (χ1) is 9.38. The number of hydrogen-bond acceptors (Lipinski definition) is 5. The van der Waals surface area contributed by atoms with Gasteiger partial charge in [0.1, 0.15) is 18.2 Å². The number of nitrogens with zero attached hydrogens (tertiary/aromatic N) is 5. The first-order valence-corrected chi connectivity index (χ1v) is 6.53. The summed E-state index contributed by atoms with van der Waals surface area (Å²) in [5, 5.41) is 8.14. The molecular weight excluding hydrogens is 242 g/mol. The van der Waals surface area contributed by atoms with Crippen molar-refractivity contribution in [2.45, 2.75) is 19.6 Å². The first kappa shape index (κ1) is 12.1. The zero-order valence-corrected chi connectivity index (χ0v) is 10.9. The first-order valence-electron chi connectivity index (χ1n) is 6.53. The largest absolute Gasteiger partial charge is 0.366 e. The van der Waals surface area contributed by atoms with E-state index in [1.54, 1.807) is 6.33 Å². The average molecular weight is 259 g/mol. The quantitative estimate of drug-likeness (QED) is 0.831. The second-order valence-corrected chi connectivity index (χ2v) is 4.47. The fourth-order valence-corrected chi connectivity index (χ4v) is 2.31. The summed E-state index contributed by atoms with van der Waals surface area (Å²) in [6, 6.07) is 5.95. The molecule has 0 amide bonds. The molecule has 0 saturated carbocycles. The van der Waals surface area contributed by atoms with Crippen LogP contribution < -0.4 is 4.90 Å². The van der Waals surface area contributed by atoms with Gasteiger partial charge in [-0.3, -0.25) is 0 Å². The molecule has 0 N–H and O–H groups in total. The maximum atomic E-state index is 5.82. The monoisotopic (exact) mass is 259 g/mol. The van der Waals surface area contributed by atoms with Crippen LogP contribution in [0.1, 0.15) is 18.9 Å². The van der Waals surface area contributed by atoms with Gasteiger partial charge in [0, 0.05) is 19.3 Å². The van der Waals surface area contributed by atoms with Gasteiger partial charge in [-0.15, -0.1) is 10.2 Å². The van der Waals surface area contributed by atoms with Gasteiger partial charge < -0.3 is 14.2 Å². The van der Waals surface area contributed by atoms with E-state index in [4.69, 9.17) is 4.74 Å². The molecule has 3 rings (SSSR count). The highest BCUT2D eigenvalue weighted by atomic mass is 16.5. The molecule has 1 saturated heterocycles. The maximum Gasteiger partial charge on any atom is 0.163 e. The number of rotatable bonds is 3. The van der Waals surface area contributed by atoms with E-state index in [-0.39, 0.29) is 6.10 Å². The van der Waals surface area contributed by atoms with Gasteiger partial charge in [0.25, 0.3) is 0 Å². The molecule has 0 aliphatic carbocycles. The fraction of sp³-hybridized carbons (Fsp3) is 0.462. The van der Waals surface area contributed by atoms with Crippen LogP contribution in [0, 0.1) is 0 Å². The molecule has 100 valence electrons. The molecule has 1 aliphatic rings. The average Bonchev–Trinajstić information content (AvgIpc) is 2.97. The van der Waals surface area contributed by atoms with Crippen molar-refractivity contribution in [1.82, 2.24) is 19.7 Å². The predicted octanol–water partition coefficient (Wildman–Crippen LogP) is 1.27. The van der Waals surface area contributed by atoms with Crippen LogP contribution in [0.15, 0.2) is 30.7 Å². The van der Waals surface area contributed by atoms with Crippen LogP contribution in [-0.2, 0) is 11.3 Å². The lowest BCUT2D eigenvalue weighted by molar-refractivity contribution is 0.0313. The van der Waals surface area contributed by atoms with E-state index in [0.717, 1.165) is 31.3 Å². The van der Waals surface area contributed by atoms with Crippen molar-refractivity contribution in [3.05, 3.63) is 36.5 Å². The minimum absolute atomic E-state index is 0.0433. The van der Waals surface area contributed by atoms with Crippen LogP contribution in [0.25, 0.3) is 0 Å². The van der Waals surface area contributed by atoms with Crippen LogP contribution in [0.5, 0.6) is 0 Å². The van der Waals surface area contributed by atoms with Crippen molar-refractivity contribution in [2.24, 2.45) is 0 Å². The lowest BCUT2D eigenvalue weighted by Crippen LogP contribution is -2.39. The van der Waals surface area contributed by atoms with E-state index in [0.29, 0.717) is 6.61 Å². The molecule has 1 fully saturated rings. The Morgan fingerprint density at radius 2 is 2.37 bits per heavy atom. The van der Waals surface area contributed by atoms with Gasteiger partial charge in [-0.2, -0.15) is 0 Å². The summed E-state index contributed by atoms with van der Waals surface area (Å²) < 4.78 is 7.84. The third kappa shape index (κ3) is 2.44. The minimum atomic E-state index is -0.0433. The van der Waals surface area contributed by atoms with Gasteiger partial charge in [0.2, 0.25) is 0 Å². The summed E-state index contributed by atoms with van der Waals surface area (Å²) in [6.07, 6.45) is 3.52. The molecule has 0 radical (unpaired) electrons. The smallest absolute Gasteiger partial charge is 0.163 e. The van der Waals surface area contributed by atoms with Crippen LogP contribution in [0.2, 0.25) is 0 Å². The Labute approximate surface area is 112 Å². The number of aromatic nitrogens is 4. The normalized spacial score (nSPS) is 19.6. The molecule has 1 aliphatic heterocycles. The Morgan fingerprint density at radius 1 is 1.42 bits per heavy atom. The van der Waals surface area contributed by atoms with Gasteiger partial charge >= 0.3 is 0 Å². The number of anilines is 1. The molecule has 0 aromatic carbocycles. The zero-order chi connectivity index (χ0) is 13.1. The van der Waals surface area contributed by atoms with Gasteiger partial charge in [-0.05, 0) is 19.1 Å². The van der Waals surface area contributed by atoms with Crippen molar-refractivity contribution in [3.63, 3.8) is 0 Å². The number of aryl methyl sites for hydroxylation is 1. The lowest BCUT2D eigenvalue weighted by atomic mass is 10.2. The zero-order valence-electron chi connectivity index (χ0n) is 10.9. The topological polar surface area (TPSA) is 56.1 Å². The standard InChI is InChI=1S/C13H17N5O/c1-2-17-10-15-16-13(17)11-9-18(7-8-19-11)12-5-3-4-6-14-12/h3-6,10-11H,2,7-9H2,1H3. The SMILES string of the molecule is CCn1cnnc1C1CN(c2ccccn2)CCO1. The number of pyridine rings is 1. The van der Waals surface area contributed by atoms with Crippen molar-refractivity contribution >= 4 is 5.82 Å². The summed E-state index contributed by atoms with van der Waals surface area (Å²) in [5.41, 5.74) is 0. The summed E-state index contributed by atoms with van der Waals surface area (Å²) in [4.78, 5) is 6.61. The lowest BCUT2D eigenvalue weighted by Gasteiger charge is -2.33. The van der Waals surface area contributed by atoms with E-state index >= 15 is 0 Å². The van der Waals surface area contributed by atoms with Crippen molar-refractivity contribution in [1.29, 1.82) is 0 Å². The van der Waals surface area contributed by atoms with Gasteiger partial charge in [-0.25, -0.2) is 4.98 Å². The molecule has 6 heteroatoms. The third-order valence-corrected chi connectivity index (χ3v) is 3.31. The summed E-state index contributed by atoms with van der Waals surface area (Å²) in [5.74, 6) is 1.88. The highest BCUT2D eigenvalue weighted by molar-refractivity contribution is 5.38. The Kier molecular flexibility index (Phi) is 3.41. The van der Waals surface area contributed by atoms with Crippen molar-refractivity contribution < 1.29 is 4.74 Å². The second-order valence-electron chi connectivity index (χ2n) is 4.47. The van der Waals surface area contributed by atoms with E-state index in [9.17, 15) is 0 Å². The minimum Gasteiger partial charge on any atom is -0.366 e. The number of morpholine rings is 1. The fourth-order valence-electron chi connectivity index (χ4n) is 2.31. The Hall–Kier alpha value is -1.95. The van der Waals surface area contributed by atoms with E-state index in [1.807, 2.05) is 29.0 Å². The van der Waals surface area contributed by atoms with E-state index in [1.165, 1.54) is 0 Å². The van der Waals surface area contributed by atoms with E-state index < -0.39 is 0 Å². The van der Waals surface area contributed by atoms with Crippen LogP contribution >= 0.6 is 0 Å². The molecular formula is C13H17N5O. The molecule has 1 unspecified atom stereocenters. The number of ether oxygens (including phenoxy) is 1. The summed E-state index contributed by atoms with van der Waals surface area (Å²) in [7, 11) is 0. The Bertz CT molecular complexity index is 527. The third-order valence-electron chi connectivity index (χ3n) is 3.31. The van der Waals surface area contributed by atoms with Crippen LogP contribution in [0.3, 0.4) is 0 Å². The Morgan fingerprint density at radius 3 is 3.16 bits per heavy atom. The van der Waals surface area contributed by atoms with Crippen molar-refractivity contribution in [3.8, 4) is 0 Å². The maximum absolute atomic E-state index is 5.82. The second kappa shape index (κ2) is 5.36. The van der Waals surface area contributed by atoms with Gasteiger partial charge in [0.05, 0.1) is 13.2 Å². The predicted molar refractivity (Wildman–Crippen MR) is 70.8 cm³/mol. The van der Waals surface area contributed by atoms with Gasteiger partial charge in [-0.1, -0.05) is 6.07 Å². The van der Waals surface area contributed by atoms with E-state index in [2.05, 4.69) is 27.0 Å². The molecule has 2 aromatic rings. The molecule has 0 bridgehead atoms. The van der Waals surface area contributed by atoms with Crippen molar-refractivity contribution in [2.75, 3.05) is 24.6 Å². The van der Waals surface area contributed by atoms with Crippen LogP contribution in [-0.4, -0.2) is 39.4 Å². The number of hydrogen-bond donors (Lipinski definition) is 0. The highest BCUT2D eigenvalue weighted by Gasteiger charge is 2.26. The molecule has 3 heterocycles. The van der Waals surface area contributed by atoms with Crippen LogP contribution in [0.4, 0.5) is 5.82 Å². The highest BCUT2D eigenvalue weighted by Crippen LogP contribution is 2.23. The summed E-state index contributed by atoms with van der Waals surface area (Å²) >= 11 is 0. The summed E-state index contributed by atoms with van der Waals surface area (Å²) in [6.45, 7) is 5.22. The molecule has 6 nitrogen and oxygen atoms in total. The molecule has 1 atom stereocenters. The Balaban J connectivity index is 1.79. The molecule has 19 heavy (non-hydrogen) atoms. The van der Waals surface area contributed by atoms with Gasteiger partial charge in [0.15, 0.2) is 5.82 Å². The molecule has 2 aromatic heterocycles. The molecule has 0 spiro atoms.